The van der Waals surface area contributed by atoms with Gasteiger partial charge >= 0.3 is 6.09 Å². The zero-order valence-corrected chi connectivity index (χ0v) is 17.5. The first kappa shape index (κ1) is 18.7. The van der Waals surface area contributed by atoms with Crippen molar-refractivity contribution in [3.05, 3.63) is 33.8 Å². The van der Waals surface area contributed by atoms with Crippen molar-refractivity contribution in [1.82, 2.24) is 9.80 Å². The van der Waals surface area contributed by atoms with E-state index in [9.17, 15) is 4.79 Å². The highest BCUT2D eigenvalue weighted by atomic mass is 79.9. The van der Waals surface area contributed by atoms with Crippen molar-refractivity contribution >= 4 is 22.0 Å². The second-order valence-corrected chi connectivity index (χ2v) is 9.57. The molecule has 0 saturated carbocycles. The summed E-state index contributed by atoms with van der Waals surface area (Å²) in [6.45, 7) is 7.23. The van der Waals surface area contributed by atoms with Crippen molar-refractivity contribution in [3.8, 4) is 0 Å². The third-order valence-corrected chi connectivity index (χ3v) is 5.95. The highest BCUT2D eigenvalue weighted by Crippen LogP contribution is 2.46. The van der Waals surface area contributed by atoms with Crippen molar-refractivity contribution in [2.75, 3.05) is 27.2 Å². The van der Waals surface area contributed by atoms with Gasteiger partial charge in [0.25, 0.3) is 0 Å². The van der Waals surface area contributed by atoms with Crippen LogP contribution in [0.5, 0.6) is 0 Å². The van der Waals surface area contributed by atoms with E-state index in [0.29, 0.717) is 6.04 Å². The number of likely N-dealkylation sites (N-methyl/N-ethyl adjacent to an activating group) is 1. The van der Waals surface area contributed by atoms with E-state index in [0.717, 1.165) is 36.8 Å². The summed E-state index contributed by atoms with van der Waals surface area (Å²) in [7, 11) is 4.25. The van der Waals surface area contributed by atoms with E-state index in [4.69, 9.17) is 4.74 Å². The molecule has 1 aliphatic carbocycles. The van der Waals surface area contributed by atoms with E-state index in [1.54, 1.807) is 0 Å². The molecule has 1 amide bonds. The van der Waals surface area contributed by atoms with Crippen molar-refractivity contribution in [1.29, 1.82) is 0 Å². The van der Waals surface area contributed by atoms with Crippen LogP contribution in [0.15, 0.2) is 22.7 Å². The number of amides is 1. The Kier molecular flexibility index (Phi) is 4.93. The van der Waals surface area contributed by atoms with E-state index in [2.05, 4.69) is 53.1 Å². The van der Waals surface area contributed by atoms with Crippen molar-refractivity contribution in [2.24, 2.45) is 0 Å². The largest absolute Gasteiger partial charge is 0.444 e. The maximum absolute atomic E-state index is 12.7. The summed E-state index contributed by atoms with van der Waals surface area (Å²) in [6, 6.07) is 6.95. The zero-order valence-electron chi connectivity index (χ0n) is 15.9. The minimum absolute atomic E-state index is 0.00527. The van der Waals surface area contributed by atoms with E-state index in [1.807, 2.05) is 25.7 Å². The molecule has 4 nitrogen and oxygen atoms in total. The van der Waals surface area contributed by atoms with Gasteiger partial charge in [-0.2, -0.15) is 0 Å². The van der Waals surface area contributed by atoms with Crippen molar-refractivity contribution in [2.45, 2.75) is 57.1 Å². The average Bonchev–Trinajstić information content (AvgIpc) is 2.86. The van der Waals surface area contributed by atoms with Crippen LogP contribution in [-0.2, 0) is 16.6 Å². The number of carbonyl (C=O) groups is 1. The van der Waals surface area contributed by atoms with Crippen LogP contribution >= 0.6 is 15.9 Å². The number of hydrogen-bond donors (Lipinski definition) is 0. The van der Waals surface area contributed by atoms with Crippen LogP contribution in [-0.4, -0.2) is 54.7 Å². The second kappa shape index (κ2) is 6.58. The molecule has 1 fully saturated rings. The van der Waals surface area contributed by atoms with Crippen LogP contribution in [0.4, 0.5) is 4.79 Å². The number of likely N-dealkylation sites (tertiary alicyclic amines) is 1. The first-order valence-corrected chi connectivity index (χ1v) is 9.85. The molecule has 5 heteroatoms. The molecule has 1 aromatic carbocycles. The van der Waals surface area contributed by atoms with Gasteiger partial charge in [-0.15, -0.1) is 0 Å². The lowest BCUT2D eigenvalue weighted by molar-refractivity contribution is 0.0278. The Labute approximate surface area is 159 Å². The van der Waals surface area contributed by atoms with Gasteiger partial charge < -0.3 is 14.5 Å². The van der Waals surface area contributed by atoms with Gasteiger partial charge in [-0.05, 0) is 77.4 Å². The van der Waals surface area contributed by atoms with Gasteiger partial charge in [0.15, 0.2) is 0 Å². The maximum atomic E-state index is 12.7. The summed E-state index contributed by atoms with van der Waals surface area (Å²) in [4.78, 5) is 16.9. The van der Waals surface area contributed by atoms with Crippen LogP contribution in [0.25, 0.3) is 0 Å². The molecule has 0 bridgehead atoms. The molecule has 3 rings (SSSR count). The van der Waals surface area contributed by atoms with E-state index in [1.165, 1.54) is 11.1 Å². The number of fused-ring (bicyclic) bond motifs is 2. The molecule has 138 valence electrons. The van der Waals surface area contributed by atoms with Gasteiger partial charge in [-0.1, -0.05) is 22.0 Å². The smallest absolute Gasteiger partial charge is 0.410 e. The van der Waals surface area contributed by atoms with Crippen LogP contribution in [0, 0.1) is 0 Å². The summed E-state index contributed by atoms with van der Waals surface area (Å²) in [5.74, 6) is 0. The first-order chi connectivity index (χ1) is 11.6. The summed E-state index contributed by atoms with van der Waals surface area (Å²) >= 11 is 3.60. The van der Waals surface area contributed by atoms with E-state index >= 15 is 0 Å². The van der Waals surface area contributed by atoms with Crippen LogP contribution in [0.3, 0.4) is 0 Å². The lowest BCUT2D eigenvalue weighted by atomic mass is 9.67. The Hall–Kier alpha value is -1.07. The molecule has 2 aliphatic rings. The lowest BCUT2D eigenvalue weighted by Crippen LogP contribution is -2.48. The Balaban J connectivity index is 1.97. The number of nitrogens with zero attached hydrogens (tertiary/aromatic N) is 2. The van der Waals surface area contributed by atoms with Gasteiger partial charge in [-0.3, -0.25) is 0 Å². The number of ether oxygens (including phenoxy) is 1. The number of carbonyl (C=O) groups excluding carboxylic acids is 1. The number of aryl methyl sites for hydroxylation is 1. The third kappa shape index (κ3) is 3.59. The topological polar surface area (TPSA) is 32.8 Å². The van der Waals surface area contributed by atoms with Gasteiger partial charge in [0.05, 0.1) is 0 Å². The standard InChI is InChI=1S/C20H29BrN2O2/c1-19(2,3)25-18(24)23-12-17(22(4)5)20(13-23)10-6-7-14-11-15(21)8-9-16(14)20/h8-9,11,17H,6-7,10,12-13H2,1-5H3. The molecule has 0 radical (unpaired) electrons. The van der Waals surface area contributed by atoms with Gasteiger partial charge in [0.1, 0.15) is 5.60 Å². The van der Waals surface area contributed by atoms with Crippen molar-refractivity contribution < 1.29 is 9.53 Å². The summed E-state index contributed by atoms with van der Waals surface area (Å²) in [5.41, 5.74) is 2.36. The summed E-state index contributed by atoms with van der Waals surface area (Å²) in [6.07, 6.45) is 3.20. The molecular formula is C20H29BrN2O2. The molecule has 1 aliphatic heterocycles. The van der Waals surface area contributed by atoms with Gasteiger partial charge in [-0.25, -0.2) is 4.79 Å². The number of hydrogen-bond acceptors (Lipinski definition) is 3. The van der Waals surface area contributed by atoms with E-state index < -0.39 is 5.60 Å². The quantitative estimate of drug-likeness (QED) is 0.697. The molecule has 2 unspecified atom stereocenters. The van der Waals surface area contributed by atoms with Crippen LogP contribution in [0.2, 0.25) is 0 Å². The Bertz CT molecular complexity index is 668. The Morgan fingerprint density at radius 3 is 2.72 bits per heavy atom. The van der Waals surface area contributed by atoms with Gasteiger partial charge in [0.2, 0.25) is 0 Å². The molecule has 1 saturated heterocycles. The molecule has 1 heterocycles. The molecule has 0 aromatic heterocycles. The lowest BCUT2D eigenvalue weighted by Gasteiger charge is -2.42. The van der Waals surface area contributed by atoms with E-state index in [-0.39, 0.29) is 11.5 Å². The summed E-state index contributed by atoms with van der Waals surface area (Å²) < 4.78 is 6.78. The fourth-order valence-corrected chi connectivity index (χ4v) is 4.92. The normalized spacial score (nSPS) is 26.2. The Morgan fingerprint density at radius 1 is 1.36 bits per heavy atom. The molecule has 1 spiro atoms. The monoisotopic (exact) mass is 408 g/mol. The Morgan fingerprint density at radius 2 is 2.08 bits per heavy atom. The fourth-order valence-electron chi connectivity index (χ4n) is 4.51. The highest BCUT2D eigenvalue weighted by Gasteiger charge is 2.52. The minimum Gasteiger partial charge on any atom is -0.444 e. The predicted octanol–water partition coefficient (Wildman–Crippen LogP) is 4.20. The van der Waals surface area contributed by atoms with Crippen LogP contribution < -0.4 is 0 Å². The molecule has 0 N–H and O–H groups in total. The second-order valence-electron chi connectivity index (χ2n) is 8.65. The number of rotatable bonds is 1. The summed E-state index contributed by atoms with van der Waals surface area (Å²) in [5, 5.41) is 0. The first-order valence-electron chi connectivity index (χ1n) is 9.06. The SMILES string of the molecule is CN(C)C1CN(C(=O)OC(C)(C)C)CC12CCCc1cc(Br)ccc12. The van der Waals surface area contributed by atoms with Crippen molar-refractivity contribution in [3.63, 3.8) is 0 Å². The fraction of sp³-hybridized carbons (Fsp3) is 0.650. The van der Waals surface area contributed by atoms with Crippen LogP contribution in [0.1, 0.15) is 44.7 Å². The highest BCUT2D eigenvalue weighted by molar-refractivity contribution is 9.10. The predicted molar refractivity (Wildman–Crippen MR) is 104 cm³/mol. The third-order valence-electron chi connectivity index (χ3n) is 5.45. The average molecular weight is 409 g/mol. The van der Waals surface area contributed by atoms with Gasteiger partial charge in [0, 0.05) is 29.0 Å². The number of benzene rings is 1. The molecule has 25 heavy (non-hydrogen) atoms. The molecular weight excluding hydrogens is 380 g/mol. The number of halogens is 1. The minimum atomic E-state index is -0.463. The zero-order chi connectivity index (χ0) is 18.4. The molecule has 1 aromatic rings. The molecule has 2 atom stereocenters. The maximum Gasteiger partial charge on any atom is 0.410 e.